The number of methoxy groups -OCH3 is 2. The first kappa shape index (κ1) is 15.0. The molecule has 1 heterocycles. The quantitative estimate of drug-likeness (QED) is 0.902. The lowest BCUT2D eigenvalue weighted by molar-refractivity contribution is 0.351. The van der Waals surface area contributed by atoms with Gasteiger partial charge in [-0.05, 0) is 24.1 Å². The lowest BCUT2D eigenvalue weighted by Crippen LogP contribution is -1.91. The van der Waals surface area contributed by atoms with Crippen LogP contribution in [0.3, 0.4) is 0 Å². The molecule has 2 aromatic rings. The van der Waals surface area contributed by atoms with E-state index in [1.807, 2.05) is 30.4 Å². The SMILES string of the molecule is COc1ccc(Oc2cc(C3=CC=CC=CC3)[nH]n2)cc1OC. The maximum Gasteiger partial charge on any atom is 0.238 e. The number of hydrogen-bond acceptors (Lipinski definition) is 4. The van der Waals surface area contributed by atoms with Gasteiger partial charge in [0.25, 0.3) is 0 Å². The zero-order chi connectivity index (χ0) is 16.1. The monoisotopic (exact) mass is 310 g/mol. The van der Waals surface area contributed by atoms with E-state index < -0.39 is 0 Å². The van der Waals surface area contributed by atoms with Gasteiger partial charge in [0, 0.05) is 12.1 Å². The molecule has 0 saturated heterocycles. The Hall–Kier alpha value is -2.95. The Morgan fingerprint density at radius 1 is 1.00 bits per heavy atom. The summed E-state index contributed by atoms with van der Waals surface area (Å²) in [6, 6.07) is 7.26. The van der Waals surface area contributed by atoms with Crippen LogP contribution in [0.2, 0.25) is 0 Å². The van der Waals surface area contributed by atoms with Crippen LogP contribution in [0, 0.1) is 0 Å². The van der Waals surface area contributed by atoms with Crippen LogP contribution < -0.4 is 14.2 Å². The lowest BCUT2D eigenvalue weighted by atomic mass is 10.1. The predicted molar refractivity (Wildman–Crippen MR) is 89.1 cm³/mol. The van der Waals surface area contributed by atoms with Gasteiger partial charge in [0.2, 0.25) is 5.88 Å². The topological polar surface area (TPSA) is 56.4 Å². The third kappa shape index (κ3) is 3.45. The van der Waals surface area contributed by atoms with Crippen LogP contribution in [0.1, 0.15) is 12.1 Å². The predicted octanol–water partition coefficient (Wildman–Crippen LogP) is 4.12. The molecule has 0 unspecified atom stereocenters. The number of aromatic nitrogens is 2. The van der Waals surface area contributed by atoms with Gasteiger partial charge in [0.1, 0.15) is 5.75 Å². The van der Waals surface area contributed by atoms with Gasteiger partial charge in [-0.1, -0.05) is 30.4 Å². The molecule has 1 aromatic carbocycles. The first-order valence-corrected chi connectivity index (χ1v) is 7.28. The van der Waals surface area contributed by atoms with E-state index in [0.29, 0.717) is 23.1 Å². The number of rotatable bonds is 5. The van der Waals surface area contributed by atoms with Crippen molar-refractivity contribution in [3.63, 3.8) is 0 Å². The van der Waals surface area contributed by atoms with Crippen molar-refractivity contribution in [2.24, 2.45) is 0 Å². The molecule has 0 atom stereocenters. The Kier molecular flexibility index (Phi) is 4.47. The summed E-state index contributed by atoms with van der Waals surface area (Å²) >= 11 is 0. The molecule has 0 saturated carbocycles. The number of aromatic amines is 1. The van der Waals surface area contributed by atoms with Gasteiger partial charge in [0.15, 0.2) is 11.5 Å². The van der Waals surface area contributed by atoms with E-state index in [1.165, 1.54) is 0 Å². The summed E-state index contributed by atoms with van der Waals surface area (Å²) in [5, 5.41) is 7.21. The molecule has 118 valence electrons. The van der Waals surface area contributed by atoms with Crippen molar-refractivity contribution < 1.29 is 14.2 Å². The molecule has 1 aliphatic carbocycles. The number of allylic oxidation sites excluding steroid dienone is 6. The Morgan fingerprint density at radius 2 is 1.87 bits per heavy atom. The van der Waals surface area contributed by atoms with Crippen molar-refractivity contribution in [1.29, 1.82) is 0 Å². The van der Waals surface area contributed by atoms with Crippen LogP contribution in [0.5, 0.6) is 23.1 Å². The zero-order valence-electron chi connectivity index (χ0n) is 13.1. The van der Waals surface area contributed by atoms with E-state index in [4.69, 9.17) is 14.2 Å². The van der Waals surface area contributed by atoms with Crippen molar-refractivity contribution in [3.8, 4) is 23.1 Å². The van der Waals surface area contributed by atoms with Gasteiger partial charge in [0.05, 0.1) is 19.9 Å². The number of ether oxygens (including phenoxy) is 3. The summed E-state index contributed by atoms with van der Waals surface area (Å²) in [6.07, 6.45) is 11.1. The standard InChI is InChI=1S/C18H18N2O3/c1-21-16-10-9-14(11-17(16)22-2)23-18-12-15(19-20-18)13-7-5-3-4-6-8-13/h3-7,9-12H,8H2,1-2H3,(H,19,20). The smallest absolute Gasteiger partial charge is 0.238 e. The minimum Gasteiger partial charge on any atom is -0.493 e. The van der Waals surface area contributed by atoms with Crippen molar-refractivity contribution in [2.75, 3.05) is 14.2 Å². The average molecular weight is 310 g/mol. The van der Waals surface area contributed by atoms with Gasteiger partial charge >= 0.3 is 0 Å². The van der Waals surface area contributed by atoms with Crippen LogP contribution in [0.4, 0.5) is 0 Å². The number of nitrogens with one attached hydrogen (secondary N) is 1. The molecule has 0 bridgehead atoms. The molecule has 5 heteroatoms. The maximum absolute atomic E-state index is 5.78. The van der Waals surface area contributed by atoms with Crippen molar-refractivity contribution in [2.45, 2.75) is 6.42 Å². The van der Waals surface area contributed by atoms with Crippen molar-refractivity contribution in [3.05, 3.63) is 60.3 Å². The van der Waals surface area contributed by atoms with Gasteiger partial charge < -0.3 is 14.2 Å². The van der Waals surface area contributed by atoms with Crippen LogP contribution in [-0.2, 0) is 0 Å². The Labute approximate surface area is 134 Å². The first-order valence-electron chi connectivity index (χ1n) is 7.28. The molecule has 0 radical (unpaired) electrons. The highest BCUT2D eigenvalue weighted by atomic mass is 16.5. The van der Waals surface area contributed by atoms with Gasteiger partial charge in [-0.2, -0.15) is 0 Å². The second kappa shape index (κ2) is 6.87. The van der Waals surface area contributed by atoms with E-state index in [-0.39, 0.29) is 0 Å². The van der Waals surface area contributed by atoms with E-state index in [9.17, 15) is 0 Å². The fourth-order valence-electron chi connectivity index (χ4n) is 2.30. The molecule has 0 amide bonds. The minimum atomic E-state index is 0.505. The van der Waals surface area contributed by atoms with Crippen LogP contribution in [-0.4, -0.2) is 24.4 Å². The molecule has 3 rings (SSSR count). The molecule has 23 heavy (non-hydrogen) atoms. The number of H-pyrrole nitrogens is 1. The number of hydrogen-bond donors (Lipinski definition) is 1. The van der Waals surface area contributed by atoms with Crippen LogP contribution >= 0.6 is 0 Å². The van der Waals surface area contributed by atoms with Gasteiger partial charge in [-0.25, -0.2) is 0 Å². The molecule has 0 fully saturated rings. The van der Waals surface area contributed by atoms with Crippen LogP contribution in [0.15, 0.2) is 54.6 Å². The van der Waals surface area contributed by atoms with Crippen LogP contribution in [0.25, 0.3) is 5.57 Å². The number of benzene rings is 1. The molecule has 1 aliphatic rings. The highest BCUT2D eigenvalue weighted by molar-refractivity contribution is 5.67. The average Bonchev–Trinajstić information content (AvgIpc) is 2.87. The Morgan fingerprint density at radius 3 is 2.70 bits per heavy atom. The molecule has 1 aromatic heterocycles. The van der Waals surface area contributed by atoms with E-state index in [1.54, 1.807) is 26.4 Å². The summed E-state index contributed by atoms with van der Waals surface area (Å²) < 4.78 is 16.3. The van der Waals surface area contributed by atoms with Crippen molar-refractivity contribution >= 4 is 5.57 Å². The molecular weight excluding hydrogens is 292 g/mol. The first-order chi connectivity index (χ1) is 11.3. The maximum atomic E-state index is 5.78. The summed E-state index contributed by atoms with van der Waals surface area (Å²) in [6.45, 7) is 0. The summed E-state index contributed by atoms with van der Waals surface area (Å²) in [5.74, 6) is 2.41. The van der Waals surface area contributed by atoms with Crippen molar-refractivity contribution in [1.82, 2.24) is 10.2 Å². The minimum absolute atomic E-state index is 0.505. The third-order valence-electron chi connectivity index (χ3n) is 3.47. The normalized spacial score (nSPS) is 13.4. The molecule has 1 N–H and O–H groups in total. The third-order valence-corrected chi connectivity index (χ3v) is 3.47. The fourth-order valence-corrected chi connectivity index (χ4v) is 2.30. The largest absolute Gasteiger partial charge is 0.493 e. The highest BCUT2D eigenvalue weighted by Crippen LogP contribution is 2.33. The Bertz CT molecular complexity index is 772. The summed E-state index contributed by atoms with van der Waals surface area (Å²) in [7, 11) is 3.19. The molecule has 0 aliphatic heterocycles. The molecule has 5 nitrogen and oxygen atoms in total. The lowest BCUT2D eigenvalue weighted by Gasteiger charge is -2.09. The van der Waals surface area contributed by atoms with E-state index >= 15 is 0 Å². The second-order valence-corrected chi connectivity index (χ2v) is 4.95. The highest BCUT2D eigenvalue weighted by Gasteiger charge is 2.10. The summed E-state index contributed by atoms with van der Waals surface area (Å²) in [4.78, 5) is 0. The molecule has 0 spiro atoms. The Balaban J connectivity index is 1.78. The number of nitrogens with zero attached hydrogens (tertiary/aromatic N) is 1. The fraction of sp³-hybridized carbons (Fsp3) is 0.167. The zero-order valence-corrected chi connectivity index (χ0v) is 13.1. The second-order valence-electron chi connectivity index (χ2n) is 4.95. The van der Waals surface area contributed by atoms with E-state index in [2.05, 4.69) is 22.3 Å². The summed E-state index contributed by atoms with van der Waals surface area (Å²) in [5.41, 5.74) is 2.10. The molecular formula is C18H18N2O3. The van der Waals surface area contributed by atoms with Gasteiger partial charge in [-0.15, -0.1) is 5.10 Å². The van der Waals surface area contributed by atoms with Gasteiger partial charge in [-0.3, -0.25) is 5.10 Å². The van der Waals surface area contributed by atoms with E-state index in [0.717, 1.165) is 17.7 Å².